The van der Waals surface area contributed by atoms with Gasteiger partial charge in [-0.15, -0.1) is 5.10 Å². The molecule has 2 aliphatic heterocycles. The quantitative estimate of drug-likeness (QED) is 0.760. The Labute approximate surface area is 167 Å². The second-order valence-corrected chi connectivity index (χ2v) is 7.85. The average molecular weight is 404 g/mol. The van der Waals surface area contributed by atoms with E-state index >= 15 is 0 Å². The molecule has 2 saturated heterocycles. The lowest BCUT2D eigenvalue weighted by molar-refractivity contribution is -0.145. The van der Waals surface area contributed by atoms with Crippen LogP contribution in [0.2, 0.25) is 5.02 Å². The predicted molar refractivity (Wildman–Crippen MR) is 102 cm³/mol. The van der Waals surface area contributed by atoms with E-state index in [-0.39, 0.29) is 18.4 Å². The zero-order chi connectivity index (χ0) is 19.7. The number of nitrogens with one attached hydrogen (secondary N) is 2. The number of carbonyl (C=O) groups excluding carboxylic acids is 2. The summed E-state index contributed by atoms with van der Waals surface area (Å²) in [7, 11) is 0. The molecule has 2 fully saturated rings. The highest BCUT2D eigenvalue weighted by Crippen LogP contribution is 2.27. The molecule has 148 valence electrons. The van der Waals surface area contributed by atoms with E-state index < -0.39 is 11.6 Å². The molecule has 3 heterocycles. The first kappa shape index (κ1) is 18.8. The highest BCUT2D eigenvalue weighted by molar-refractivity contribution is 6.30. The van der Waals surface area contributed by atoms with Crippen molar-refractivity contribution in [2.75, 3.05) is 13.1 Å². The topological polar surface area (TPSA) is 105 Å². The van der Waals surface area contributed by atoms with Gasteiger partial charge in [-0.3, -0.25) is 9.59 Å². The summed E-state index contributed by atoms with van der Waals surface area (Å²) in [6.07, 6.45) is 3.78. The Kier molecular flexibility index (Phi) is 5.03. The van der Waals surface area contributed by atoms with Gasteiger partial charge in [-0.25, -0.2) is 4.68 Å². The molecular weight excluding hydrogens is 382 g/mol. The Morgan fingerprint density at radius 2 is 2.25 bits per heavy atom. The number of nitrogens with zero attached hydrogens (tertiary/aromatic N) is 5. The maximum Gasteiger partial charge on any atom is 0.243 e. The molecule has 2 N–H and O–H groups in total. The monoisotopic (exact) mass is 403 g/mol. The van der Waals surface area contributed by atoms with Crippen LogP contribution in [0.25, 0.3) is 5.69 Å². The summed E-state index contributed by atoms with van der Waals surface area (Å²) in [6.45, 7) is 3.61. The van der Waals surface area contributed by atoms with Crippen LogP contribution in [0.15, 0.2) is 24.5 Å². The number of halogens is 1. The molecule has 9 nitrogen and oxygen atoms in total. The van der Waals surface area contributed by atoms with E-state index in [9.17, 15) is 9.59 Å². The fraction of sp³-hybridized carbons (Fsp3) is 0.500. The molecular formula is C18H22ClN7O2. The first-order valence-electron chi connectivity index (χ1n) is 9.33. The van der Waals surface area contributed by atoms with Crippen LogP contribution in [0, 0.1) is 0 Å². The number of benzene rings is 1. The van der Waals surface area contributed by atoms with Crippen molar-refractivity contribution in [2.45, 2.75) is 44.3 Å². The van der Waals surface area contributed by atoms with Crippen LogP contribution in [0.5, 0.6) is 0 Å². The van der Waals surface area contributed by atoms with Crippen LogP contribution < -0.4 is 10.6 Å². The van der Waals surface area contributed by atoms with Gasteiger partial charge in [-0.2, -0.15) is 0 Å². The van der Waals surface area contributed by atoms with Crippen molar-refractivity contribution < 1.29 is 9.59 Å². The molecule has 10 heteroatoms. The van der Waals surface area contributed by atoms with E-state index in [4.69, 9.17) is 11.6 Å². The Hall–Kier alpha value is -2.52. The Balaban J connectivity index is 1.46. The third-order valence-corrected chi connectivity index (χ3v) is 5.75. The van der Waals surface area contributed by atoms with Gasteiger partial charge in [0, 0.05) is 18.1 Å². The van der Waals surface area contributed by atoms with E-state index in [0.717, 1.165) is 30.6 Å². The van der Waals surface area contributed by atoms with Crippen molar-refractivity contribution in [2.24, 2.45) is 0 Å². The van der Waals surface area contributed by atoms with Gasteiger partial charge in [0.1, 0.15) is 12.4 Å². The van der Waals surface area contributed by atoms with Crippen molar-refractivity contribution >= 4 is 23.4 Å². The van der Waals surface area contributed by atoms with Gasteiger partial charge >= 0.3 is 0 Å². The molecule has 4 rings (SSSR count). The minimum Gasteiger partial charge on any atom is -0.350 e. The number of aromatic nitrogens is 4. The number of hydrogen-bond acceptors (Lipinski definition) is 6. The van der Waals surface area contributed by atoms with E-state index in [1.165, 1.54) is 11.0 Å². The van der Waals surface area contributed by atoms with Gasteiger partial charge in [-0.05, 0) is 66.9 Å². The molecule has 0 radical (unpaired) electrons. The zero-order valence-electron chi connectivity index (χ0n) is 15.6. The van der Waals surface area contributed by atoms with Crippen molar-refractivity contribution in [3.8, 4) is 5.69 Å². The lowest BCUT2D eigenvalue weighted by atomic mass is 9.88. The molecule has 1 aromatic carbocycles. The number of hydrogen-bond donors (Lipinski definition) is 2. The fourth-order valence-corrected chi connectivity index (χ4v) is 3.97. The highest BCUT2D eigenvalue weighted by atomic mass is 35.5. The molecule has 28 heavy (non-hydrogen) atoms. The smallest absolute Gasteiger partial charge is 0.243 e. The van der Waals surface area contributed by atoms with Crippen LogP contribution in [-0.2, 0) is 16.1 Å². The number of carbonyl (C=O) groups is 2. The second kappa shape index (κ2) is 7.48. The van der Waals surface area contributed by atoms with Gasteiger partial charge in [-0.1, -0.05) is 11.6 Å². The lowest BCUT2D eigenvalue weighted by Crippen LogP contribution is -2.65. The number of amides is 2. The zero-order valence-corrected chi connectivity index (χ0v) is 16.3. The maximum absolute atomic E-state index is 12.8. The van der Waals surface area contributed by atoms with Crippen LogP contribution in [0.3, 0.4) is 0 Å². The van der Waals surface area contributed by atoms with Crippen molar-refractivity contribution in [1.29, 1.82) is 0 Å². The number of likely N-dealkylation sites (tertiary alicyclic amines) is 1. The molecule has 1 aromatic heterocycles. The standard InChI is InChI=1S/C18H22ClN7O2/c1-18(6-7-21-18)17(28)25-8-2-3-15(25)16(27)20-10-12-9-13(19)4-5-14(12)26-11-22-23-24-26/h4-5,9,11,15,21H,2-3,6-8,10H2,1H3,(H,20,27)/t15-,18?/m0/s1. The average Bonchev–Trinajstić information content (AvgIpc) is 3.35. The summed E-state index contributed by atoms with van der Waals surface area (Å²) in [4.78, 5) is 27.4. The Bertz CT molecular complexity index is 882. The number of rotatable bonds is 5. The summed E-state index contributed by atoms with van der Waals surface area (Å²) < 4.78 is 1.52. The van der Waals surface area contributed by atoms with Crippen LogP contribution in [0.4, 0.5) is 0 Å². The van der Waals surface area contributed by atoms with Crippen molar-refractivity contribution in [3.05, 3.63) is 35.1 Å². The lowest BCUT2D eigenvalue weighted by Gasteiger charge is -2.42. The molecule has 2 aliphatic rings. The number of tetrazole rings is 1. The van der Waals surface area contributed by atoms with Gasteiger partial charge < -0.3 is 15.5 Å². The van der Waals surface area contributed by atoms with E-state index in [2.05, 4.69) is 26.2 Å². The van der Waals surface area contributed by atoms with Crippen LogP contribution in [0.1, 0.15) is 31.7 Å². The van der Waals surface area contributed by atoms with Crippen LogP contribution in [-0.4, -0.2) is 61.6 Å². The van der Waals surface area contributed by atoms with Gasteiger partial charge in [0.15, 0.2) is 0 Å². The summed E-state index contributed by atoms with van der Waals surface area (Å²) in [6, 6.07) is 4.88. The van der Waals surface area contributed by atoms with Gasteiger partial charge in [0.2, 0.25) is 11.8 Å². The molecule has 1 unspecified atom stereocenters. The van der Waals surface area contributed by atoms with E-state index in [0.29, 0.717) is 18.0 Å². The SMILES string of the molecule is CC1(C(=O)N2CCC[C@H]2C(=O)NCc2cc(Cl)ccc2-n2cnnn2)CCN1. The van der Waals surface area contributed by atoms with Crippen LogP contribution >= 0.6 is 11.6 Å². The normalized spacial score (nSPS) is 24.1. The Morgan fingerprint density at radius 3 is 2.93 bits per heavy atom. The molecule has 0 spiro atoms. The summed E-state index contributed by atoms with van der Waals surface area (Å²) >= 11 is 6.12. The molecule has 2 amide bonds. The summed E-state index contributed by atoms with van der Waals surface area (Å²) in [5.74, 6) is -0.148. The molecule has 0 bridgehead atoms. The summed E-state index contributed by atoms with van der Waals surface area (Å²) in [5.41, 5.74) is 0.986. The first-order valence-corrected chi connectivity index (χ1v) is 9.71. The molecule has 0 saturated carbocycles. The van der Waals surface area contributed by atoms with Gasteiger partial charge in [0.05, 0.1) is 11.2 Å². The third kappa shape index (κ3) is 3.47. The minimum atomic E-state index is -0.539. The minimum absolute atomic E-state index is 0.00790. The maximum atomic E-state index is 12.8. The fourth-order valence-electron chi connectivity index (χ4n) is 3.77. The third-order valence-electron chi connectivity index (χ3n) is 5.52. The van der Waals surface area contributed by atoms with Crippen molar-refractivity contribution in [1.82, 2.24) is 35.7 Å². The second-order valence-electron chi connectivity index (χ2n) is 7.41. The van der Waals surface area contributed by atoms with E-state index in [1.807, 2.05) is 6.92 Å². The van der Waals surface area contributed by atoms with Crippen molar-refractivity contribution in [3.63, 3.8) is 0 Å². The molecule has 2 atom stereocenters. The largest absolute Gasteiger partial charge is 0.350 e. The first-order chi connectivity index (χ1) is 13.5. The van der Waals surface area contributed by atoms with Gasteiger partial charge in [0.25, 0.3) is 0 Å². The molecule has 2 aromatic rings. The predicted octanol–water partition coefficient (Wildman–Crippen LogP) is 0.675. The Morgan fingerprint density at radius 1 is 1.43 bits per heavy atom. The highest BCUT2D eigenvalue weighted by Gasteiger charge is 2.46. The van der Waals surface area contributed by atoms with E-state index in [1.54, 1.807) is 23.1 Å². The summed E-state index contributed by atoms with van der Waals surface area (Å²) in [5, 5.41) is 17.9. The molecule has 0 aliphatic carbocycles.